The first kappa shape index (κ1) is 12.1. The molecule has 0 aromatic rings. The van der Waals surface area contributed by atoms with E-state index < -0.39 is 16.8 Å². The molecular weight excluding hydrogens is 168 g/mol. The summed E-state index contributed by atoms with van der Waals surface area (Å²) in [5, 5.41) is 8.95. The maximum absolute atomic E-state index is 11.8. The van der Waals surface area contributed by atoms with Gasteiger partial charge in [0, 0.05) is 5.41 Å². The van der Waals surface area contributed by atoms with Crippen molar-refractivity contribution in [3.05, 3.63) is 0 Å². The molecule has 3 nitrogen and oxygen atoms in total. The molecule has 0 saturated carbocycles. The predicted octanol–water partition coefficient (Wildman–Crippen LogP) is 2.10. The predicted molar refractivity (Wildman–Crippen MR) is 50.5 cm³/mol. The number of hydrogen-bond donors (Lipinski definition) is 1. The van der Waals surface area contributed by atoms with Crippen molar-refractivity contribution >= 4 is 11.8 Å². The zero-order valence-electron chi connectivity index (χ0n) is 8.97. The topological polar surface area (TPSA) is 54.4 Å². The van der Waals surface area contributed by atoms with Gasteiger partial charge in [-0.2, -0.15) is 0 Å². The van der Waals surface area contributed by atoms with Gasteiger partial charge in [-0.25, -0.2) is 0 Å². The van der Waals surface area contributed by atoms with Crippen molar-refractivity contribution in [2.75, 3.05) is 0 Å². The largest absolute Gasteiger partial charge is 0.481 e. The monoisotopic (exact) mass is 186 g/mol. The van der Waals surface area contributed by atoms with E-state index in [1.54, 1.807) is 27.7 Å². The first-order chi connectivity index (χ1) is 5.66. The van der Waals surface area contributed by atoms with Gasteiger partial charge in [-0.15, -0.1) is 0 Å². The van der Waals surface area contributed by atoms with E-state index in [0.29, 0.717) is 6.42 Å². The van der Waals surface area contributed by atoms with E-state index in [4.69, 9.17) is 5.11 Å². The highest BCUT2D eigenvalue weighted by Gasteiger charge is 2.44. The molecule has 0 amide bonds. The second kappa shape index (κ2) is 3.48. The van der Waals surface area contributed by atoms with Crippen LogP contribution in [0.1, 0.15) is 41.0 Å². The lowest BCUT2D eigenvalue weighted by atomic mass is 9.72. The van der Waals surface area contributed by atoms with Gasteiger partial charge in [0.2, 0.25) is 0 Å². The number of Topliss-reactive ketones (excluding diaryl/α,β-unsaturated/α-hetero) is 1. The Kier molecular flexibility index (Phi) is 3.25. The molecule has 0 radical (unpaired) electrons. The average molecular weight is 186 g/mol. The van der Waals surface area contributed by atoms with Gasteiger partial charge in [-0.05, 0) is 13.3 Å². The van der Waals surface area contributed by atoms with Crippen LogP contribution >= 0.6 is 0 Å². The summed E-state index contributed by atoms with van der Waals surface area (Å²) in [6.45, 7) is 8.44. The zero-order chi connectivity index (χ0) is 10.9. The molecule has 76 valence electrons. The highest BCUT2D eigenvalue weighted by Crippen LogP contribution is 2.32. The highest BCUT2D eigenvalue weighted by atomic mass is 16.4. The molecule has 0 heterocycles. The Balaban J connectivity index is 5.01. The van der Waals surface area contributed by atoms with Crippen LogP contribution in [0.5, 0.6) is 0 Å². The van der Waals surface area contributed by atoms with Crippen molar-refractivity contribution in [1.29, 1.82) is 0 Å². The molecule has 0 aliphatic heterocycles. The van der Waals surface area contributed by atoms with Crippen molar-refractivity contribution in [2.24, 2.45) is 10.8 Å². The fraction of sp³-hybridized carbons (Fsp3) is 0.800. The summed E-state index contributed by atoms with van der Waals surface area (Å²) >= 11 is 0. The summed E-state index contributed by atoms with van der Waals surface area (Å²) in [5.74, 6) is -1.25. The quantitative estimate of drug-likeness (QED) is 0.687. The van der Waals surface area contributed by atoms with E-state index >= 15 is 0 Å². The summed E-state index contributed by atoms with van der Waals surface area (Å²) in [5.41, 5.74) is -1.83. The Bertz CT molecular complexity index is 225. The molecule has 0 saturated heterocycles. The minimum Gasteiger partial charge on any atom is -0.481 e. The highest BCUT2D eigenvalue weighted by molar-refractivity contribution is 6.04. The molecule has 0 spiro atoms. The van der Waals surface area contributed by atoms with Gasteiger partial charge in [0.05, 0.1) is 0 Å². The van der Waals surface area contributed by atoms with Crippen molar-refractivity contribution < 1.29 is 14.7 Å². The lowest BCUT2D eigenvalue weighted by molar-refractivity contribution is -0.157. The van der Waals surface area contributed by atoms with Gasteiger partial charge in [0.1, 0.15) is 5.41 Å². The van der Waals surface area contributed by atoms with E-state index in [1.165, 1.54) is 6.92 Å². The van der Waals surface area contributed by atoms with Crippen molar-refractivity contribution in [3.8, 4) is 0 Å². The molecule has 0 aromatic heterocycles. The van der Waals surface area contributed by atoms with Crippen molar-refractivity contribution in [3.63, 3.8) is 0 Å². The van der Waals surface area contributed by atoms with Crippen LogP contribution in [-0.2, 0) is 9.59 Å². The fourth-order valence-corrected chi connectivity index (χ4v) is 1.24. The van der Waals surface area contributed by atoms with E-state index in [0.717, 1.165) is 0 Å². The number of aliphatic carboxylic acids is 1. The lowest BCUT2D eigenvalue weighted by Gasteiger charge is -2.29. The second-order valence-electron chi connectivity index (χ2n) is 4.57. The fourth-order valence-electron chi connectivity index (χ4n) is 1.24. The van der Waals surface area contributed by atoms with Gasteiger partial charge >= 0.3 is 5.97 Å². The van der Waals surface area contributed by atoms with E-state index in [2.05, 4.69) is 0 Å². The van der Waals surface area contributed by atoms with Gasteiger partial charge in [-0.1, -0.05) is 27.7 Å². The summed E-state index contributed by atoms with van der Waals surface area (Å²) in [6, 6.07) is 0. The number of carboxylic acids is 1. The van der Waals surface area contributed by atoms with Crippen LogP contribution in [-0.4, -0.2) is 16.9 Å². The SMILES string of the molecule is CCC(C)(C(=O)O)C(=O)C(C)(C)C. The molecule has 3 heteroatoms. The van der Waals surface area contributed by atoms with E-state index in [-0.39, 0.29) is 5.78 Å². The molecule has 0 rings (SSSR count). The smallest absolute Gasteiger partial charge is 0.316 e. The van der Waals surface area contributed by atoms with Gasteiger partial charge in [0.25, 0.3) is 0 Å². The minimum absolute atomic E-state index is 0.213. The maximum Gasteiger partial charge on any atom is 0.316 e. The Morgan fingerprint density at radius 3 is 1.62 bits per heavy atom. The van der Waals surface area contributed by atoms with Crippen LogP contribution in [0.2, 0.25) is 0 Å². The van der Waals surface area contributed by atoms with E-state index in [9.17, 15) is 9.59 Å². The number of rotatable bonds is 3. The number of carboxylic acid groups (broad SMARTS) is 1. The lowest BCUT2D eigenvalue weighted by Crippen LogP contribution is -2.42. The minimum atomic E-state index is -1.24. The number of ketones is 1. The number of hydrogen-bond acceptors (Lipinski definition) is 2. The van der Waals surface area contributed by atoms with Crippen LogP contribution < -0.4 is 0 Å². The molecular formula is C10H18O3. The third kappa shape index (κ3) is 2.29. The Morgan fingerprint density at radius 1 is 1.15 bits per heavy atom. The zero-order valence-corrected chi connectivity index (χ0v) is 8.97. The van der Waals surface area contributed by atoms with Gasteiger partial charge < -0.3 is 5.11 Å². The van der Waals surface area contributed by atoms with Crippen molar-refractivity contribution in [1.82, 2.24) is 0 Å². The number of carbonyl (C=O) groups excluding carboxylic acids is 1. The van der Waals surface area contributed by atoms with Crippen LogP contribution in [0.4, 0.5) is 0 Å². The van der Waals surface area contributed by atoms with Crippen molar-refractivity contribution in [2.45, 2.75) is 41.0 Å². The molecule has 1 unspecified atom stereocenters. The van der Waals surface area contributed by atoms with Gasteiger partial charge in [0.15, 0.2) is 5.78 Å². The second-order valence-corrected chi connectivity index (χ2v) is 4.57. The molecule has 0 bridgehead atoms. The van der Waals surface area contributed by atoms with Crippen LogP contribution in [0, 0.1) is 10.8 Å². The Hall–Kier alpha value is -0.860. The maximum atomic E-state index is 11.8. The summed E-state index contributed by atoms with van der Waals surface area (Å²) in [7, 11) is 0. The van der Waals surface area contributed by atoms with Crippen LogP contribution in [0.3, 0.4) is 0 Å². The molecule has 0 aliphatic rings. The molecule has 0 aliphatic carbocycles. The third-order valence-corrected chi connectivity index (χ3v) is 2.36. The molecule has 13 heavy (non-hydrogen) atoms. The third-order valence-electron chi connectivity index (χ3n) is 2.36. The molecule has 1 N–H and O–H groups in total. The number of carbonyl (C=O) groups is 2. The normalized spacial score (nSPS) is 16.4. The Labute approximate surface area is 79.1 Å². The molecule has 0 aromatic carbocycles. The van der Waals surface area contributed by atoms with E-state index in [1.807, 2.05) is 0 Å². The first-order valence-electron chi connectivity index (χ1n) is 4.44. The molecule has 0 fully saturated rings. The van der Waals surface area contributed by atoms with Gasteiger partial charge in [-0.3, -0.25) is 9.59 Å². The van der Waals surface area contributed by atoms with Crippen LogP contribution in [0.25, 0.3) is 0 Å². The standard InChI is InChI=1S/C10H18O3/c1-6-10(5,8(12)13)7(11)9(2,3)4/h6H2,1-5H3,(H,12,13). The average Bonchev–Trinajstić information content (AvgIpc) is 1.99. The summed E-state index contributed by atoms with van der Waals surface area (Å²) < 4.78 is 0. The first-order valence-corrected chi connectivity index (χ1v) is 4.44. The molecule has 1 atom stereocenters. The van der Waals surface area contributed by atoms with Crippen LogP contribution in [0.15, 0.2) is 0 Å². The Morgan fingerprint density at radius 2 is 1.54 bits per heavy atom. The summed E-state index contributed by atoms with van der Waals surface area (Å²) in [4.78, 5) is 22.7. The summed E-state index contributed by atoms with van der Waals surface area (Å²) in [6.07, 6.45) is 0.332.